The Morgan fingerprint density at radius 2 is 2.40 bits per heavy atom. The Kier molecular flexibility index (Phi) is 3.41. The molecule has 0 aromatic carbocycles. The fourth-order valence-corrected chi connectivity index (χ4v) is 1.67. The van der Waals surface area contributed by atoms with Gasteiger partial charge in [-0.1, -0.05) is 5.16 Å². The van der Waals surface area contributed by atoms with Crippen LogP contribution in [0.15, 0.2) is 27.3 Å². The van der Waals surface area contributed by atoms with Crippen molar-refractivity contribution in [2.75, 3.05) is 12.3 Å². The summed E-state index contributed by atoms with van der Waals surface area (Å²) in [4.78, 5) is 4.19. The molecule has 0 aliphatic carbocycles. The number of aromatic nitrogens is 2. The maximum atomic E-state index is 5.37. The monoisotopic (exact) mass is 225 g/mol. The molecule has 2 rings (SSSR count). The van der Waals surface area contributed by atoms with Crippen molar-refractivity contribution < 1.29 is 8.94 Å². The highest BCUT2D eigenvalue weighted by atomic mass is 32.2. The lowest BCUT2D eigenvalue weighted by atomic mass is 10.4. The van der Waals surface area contributed by atoms with E-state index in [2.05, 4.69) is 10.1 Å². The van der Waals surface area contributed by atoms with Crippen molar-refractivity contribution in [3.05, 3.63) is 24.2 Å². The molecule has 0 unspecified atom stereocenters. The summed E-state index contributed by atoms with van der Waals surface area (Å²) in [5.41, 5.74) is 5.37. The van der Waals surface area contributed by atoms with Crippen LogP contribution in [-0.2, 0) is 5.75 Å². The molecule has 0 spiro atoms. The smallest absolute Gasteiger partial charge is 0.293 e. The number of nitrogens with zero attached hydrogens (tertiary/aromatic N) is 2. The Bertz CT molecular complexity index is 399. The molecule has 2 aromatic heterocycles. The van der Waals surface area contributed by atoms with Gasteiger partial charge < -0.3 is 14.7 Å². The van der Waals surface area contributed by atoms with E-state index >= 15 is 0 Å². The molecule has 15 heavy (non-hydrogen) atoms. The summed E-state index contributed by atoms with van der Waals surface area (Å²) in [5.74, 6) is 3.28. The van der Waals surface area contributed by atoms with E-state index in [0.717, 1.165) is 5.75 Å². The standard InChI is InChI=1S/C9H11N3O2S/c10-3-5-15-6-8-11-9(14-12-8)7-2-1-4-13-7/h1-2,4H,3,5-6,10H2. The summed E-state index contributed by atoms with van der Waals surface area (Å²) in [7, 11) is 0. The third-order valence-electron chi connectivity index (χ3n) is 1.69. The van der Waals surface area contributed by atoms with E-state index in [9.17, 15) is 0 Å². The van der Waals surface area contributed by atoms with Crippen molar-refractivity contribution in [1.82, 2.24) is 10.1 Å². The fraction of sp³-hybridized carbons (Fsp3) is 0.333. The molecule has 0 fully saturated rings. The Morgan fingerprint density at radius 3 is 3.13 bits per heavy atom. The van der Waals surface area contributed by atoms with Gasteiger partial charge >= 0.3 is 0 Å². The zero-order valence-electron chi connectivity index (χ0n) is 8.05. The number of furan rings is 1. The average Bonchev–Trinajstić information content (AvgIpc) is 2.87. The Morgan fingerprint density at radius 1 is 1.47 bits per heavy atom. The van der Waals surface area contributed by atoms with Crippen molar-refractivity contribution in [3.63, 3.8) is 0 Å². The zero-order chi connectivity index (χ0) is 10.5. The maximum absolute atomic E-state index is 5.37. The van der Waals surface area contributed by atoms with Crippen molar-refractivity contribution >= 4 is 11.8 Å². The minimum atomic E-state index is 0.420. The normalized spacial score (nSPS) is 10.7. The first kappa shape index (κ1) is 10.3. The predicted octanol–water partition coefficient (Wildman–Crippen LogP) is 1.52. The molecule has 0 saturated heterocycles. The number of nitrogens with two attached hydrogens (primary N) is 1. The molecule has 0 aliphatic heterocycles. The largest absolute Gasteiger partial charge is 0.459 e. The molecule has 2 N–H and O–H groups in total. The van der Waals surface area contributed by atoms with Crippen LogP contribution < -0.4 is 5.73 Å². The van der Waals surface area contributed by atoms with Crippen LogP contribution in [0.3, 0.4) is 0 Å². The van der Waals surface area contributed by atoms with Gasteiger partial charge in [0.1, 0.15) is 0 Å². The topological polar surface area (TPSA) is 78.1 Å². The molecule has 5 nitrogen and oxygen atoms in total. The average molecular weight is 225 g/mol. The van der Waals surface area contributed by atoms with Gasteiger partial charge in [-0.15, -0.1) is 0 Å². The molecule has 2 heterocycles. The van der Waals surface area contributed by atoms with Gasteiger partial charge in [-0.25, -0.2) is 0 Å². The maximum Gasteiger partial charge on any atom is 0.293 e. The highest BCUT2D eigenvalue weighted by Gasteiger charge is 2.10. The minimum absolute atomic E-state index is 0.420. The van der Waals surface area contributed by atoms with Crippen LogP contribution in [0.1, 0.15) is 5.82 Å². The SMILES string of the molecule is NCCSCc1noc(-c2ccco2)n1. The first-order valence-corrected chi connectivity index (χ1v) is 5.70. The van der Waals surface area contributed by atoms with E-state index in [1.807, 2.05) is 0 Å². The van der Waals surface area contributed by atoms with Gasteiger partial charge in [0, 0.05) is 12.3 Å². The van der Waals surface area contributed by atoms with Gasteiger partial charge in [-0.05, 0) is 12.1 Å². The minimum Gasteiger partial charge on any atom is -0.459 e. The molecule has 80 valence electrons. The Labute approximate surface area is 91.0 Å². The number of rotatable bonds is 5. The summed E-state index contributed by atoms with van der Waals surface area (Å²) < 4.78 is 10.2. The van der Waals surface area contributed by atoms with E-state index in [0.29, 0.717) is 29.8 Å². The molecular weight excluding hydrogens is 214 g/mol. The van der Waals surface area contributed by atoms with Crippen molar-refractivity contribution in [2.24, 2.45) is 5.73 Å². The second-order valence-electron chi connectivity index (χ2n) is 2.83. The summed E-state index contributed by atoms with van der Waals surface area (Å²) in [6.07, 6.45) is 1.57. The van der Waals surface area contributed by atoms with Gasteiger partial charge in [0.2, 0.25) is 0 Å². The second-order valence-corrected chi connectivity index (χ2v) is 3.94. The van der Waals surface area contributed by atoms with Crippen molar-refractivity contribution in [2.45, 2.75) is 5.75 Å². The highest BCUT2D eigenvalue weighted by Crippen LogP contribution is 2.18. The zero-order valence-corrected chi connectivity index (χ0v) is 8.87. The lowest BCUT2D eigenvalue weighted by Gasteiger charge is -1.91. The summed E-state index contributed by atoms with van der Waals surface area (Å²) >= 11 is 1.68. The fourth-order valence-electron chi connectivity index (χ4n) is 1.06. The van der Waals surface area contributed by atoms with Crippen LogP contribution in [0.5, 0.6) is 0 Å². The predicted molar refractivity (Wildman–Crippen MR) is 57.2 cm³/mol. The summed E-state index contributed by atoms with van der Waals surface area (Å²) in [5, 5.41) is 3.84. The van der Waals surface area contributed by atoms with E-state index in [1.54, 1.807) is 30.2 Å². The summed E-state index contributed by atoms with van der Waals surface area (Å²) in [6, 6.07) is 3.56. The number of hydrogen-bond donors (Lipinski definition) is 1. The third-order valence-corrected chi connectivity index (χ3v) is 2.68. The number of thioether (sulfide) groups is 1. The summed E-state index contributed by atoms with van der Waals surface area (Å²) in [6.45, 7) is 0.660. The van der Waals surface area contributed by atoms with E-state index < -0.39 is 0 Å². The van der Waals surface area contributed by atoms with Crippen LogP contribution in [-0.4, -0.2) is 22.4 Å². The lowest BCUT2D eigenvalue weighted by molar-refractivity contribution is 0.411. The molecule has 6 heteroatoms. The molecule has 0 atom stereocenters. The van der Waals surface area contributed by atoms with Crippen LogP contribution in [0.4, 0.5) is 0 Å². The second kappa shape index (κ2) is 4.99. The Hall–Kier alpha value is -1.27. The van der Waals surface area contributed by atoms with E-state index in [4.69, 9.17) is 14.7 Å². The first-order chi connectivity index (χ1) is 7.40. The molecule has 2 aromatic rings. The number of hydrogen-bond acceptors (Lipinski definition) is 6. The van der Waals surface area contributed by atoms with Gasteiger partial charge in [-0.2, -0.15) is 16.7 Å². The van der Waals surface area contributed by atoms with Crippen molar-refractivity contribution in [1.29, 1.82) is 0 Å². The van der Waals surface area contributed by atoms with Gasteiger partial charge in [0.25, 0.3) is 5.89 Å². The molecule has 0 bridgehead atoms. The lowest BCUT2D eigenvalue weighted by Crippen LogP contribution is -2.01. The first-order valence-electron chi connectivity index (χ1n) is 4.54. The van der Waals surface area contributed by atoms with Gasteiger partial charge in [0.05, 0.1) is 12.0 Å². The van der Waals surface area contributed by atoms with Gasteiger partial charge in [-0.3, -0.25) is 0 Å². The molecule has 0 saturated carbocycles. The van der Waals surface area contributed by atoms with Crippen LogP contribution in [0.2, 0.25) is 0 Å². The Balaban J connectivity index is 1.98. The molecule has 0 amide bonds. The molecular formula is C9H11N3O2S. The third kappa shape index (κ3) is 2.60. The highest BCUT2D eigenvalue weighted by molar-refractivity contribution is 7.98. The van der Waals surface area contributed by atoms with E-state index in [1.165, 1.54) is 0 Å². The van der Waals surface area contributed by atoms with Crippen LogP contribution in [0.25, 0.3) is 11.7 Å². The van der Waals surface area contributed by atoms with Gasteiger partial charge in [0.15, 0.2) is 11.6 Å². The molecule has 0 aliphatic rings. The van der Waals surface area contributed by atoms with Crippen LogP contribution in [0, 0.1) is 0 Å². The molecule has 0 radical (unpaired) electrons. The van der Waals surface area contributed by atoms with E-state index in [-0.39, 0.29) is 0 Å². The van der Waals surface area contributed by atoms with Crippen molar-refractivity contribution in [3.8, 4) is 11.7 Å². The quantitative estimate of drug-likeness (QED) is 0.777. The van der Waals surface area contributed by atoms with Crippen LogP contribution >= 0.6 is 11.8 Å².